The van der Waals surface area contributed by atoms with Gasteiger partial charge in [0, 0.05) is 35.6 Å². The number of hydrogen-bond acceptors (Lipinski definition) is 1. The summed E-state index contributed by atoms with van der Waals surface area (Å²) in [6.07, 6.45) is -1.83. The number of carbonyl (C=O) groups is 1. The van der Waals surface area contributed by atoms with Crippen molar-refractivity contribution >= 4 is 6.16 Å². The minimum Gasteiger partial charge on any atom is -0.450 e. The van der Waals surface area contributed by atoms with Crippen molar-refractivity contribution in [3.05, 3.63) is 0 Å². The molecule has 0 aromatic rings. The first-order chi connectivity index (χ1) is 1.73. The van der Waals surface area contributed by atoms with Gasteiger partial charge in [0.05, 0.1) is 0 Å². The van der Waals surface area contributed by atoms with Crippen LogP contribution in [0.4, 0.5) is 4.79 Å². The number of rotatable bonds is 0. The Labute approximate surface area is 84.0 Å². The van der Waals surface area contributed by atoms with Crippen LogP contribution < -0.4 is 0 Å². The van der Waals surface area contributed by atoms with E-state index in [4.69, 9.17) is 15.0 Å². The predicted molar refractivity (Wildman–Crippen MR) is 28.7 cm³/mol. The predicted octanol–water partition coefficient (Wildman–Crippen LogP) is -3.90. The molecule has 0 saturated carbocycles. The Kier molecular flexibility index (Phi) is 491. The molecule has 0 rings (SSSR count). The summed E-state index contributed by atoms with van der Waals surface area (Å²) < 4.78 is 0. The van der Waals surface area contributed by atoms with Crippen LogP contribution in [0.5, 0.6) is 0 Å². The second-order valence-corrected chi connectivity index (χ2v) is 0.283. The molecule has 9 heteroatoms. The summed E-state index contributed by atoms with van der Waals surface area (Å²) >= 11 is 0. The summed E-state index contributed by atoms with van der Waals surface area (Å²) in [5.41, 5.74) is 0. The van der Waals surface area contributed by atoms with E-state index in [9.17, 15) is 0 Å². The van der Waals surface area contributed by atoms with Crippen LogP contribution in [0, 0.1) is 35.6 Å². The van der Waals surface area contributed by atoms with E-state index in [0.29, 0.717) is 0 Å². The van der Waals surface area contributed by atoms with E-state index in [2.05, 4.69) is 0 Å². The van der Waals surface area contributed by atoms with Crippen molar-refractivity contribution < 1.29 is 78.0 Å². The first-order valence-corrected chi connectivity index (χ1v) is 0.651. The average molecular weight is 291 g/mol. The van der Waals surface area contributed by atoms with E-state index in [1.807, 2.05) is 0 Å². The zero-order chi connectivity index (χ0) is 3.58. The van der Waals surface area contributed by atoms with Crippen LogP contribution in [0.15, 0.2) is 0 Å². The van der Waals surface area contributed by atoms with E-state index < -0.39 is 6.16 Å². The van der Waals surface area contributed by atoms with Crippen LogP contribution in [-0.4, -0.2) is 43.7 Å². The molecule has 0 spiro atoms. The molecule has 8 nitrogen and oxygen atoms in total. The Balaban J connectivity index is -0.00000000300. The Morgan fingerprint density at radius 2 is 0.800 bits per heavy atom. The van der Waals surface area contributed by atoms with Crippen molar-refractivity contribution in [3.8, 4) is 0 Å². The van der Waals surface area contributed by atoms with Crippen LogP contribution in [0.1, 0.15) is 0 Å². The summed E-state index contributed by atoms with van der Waals surface area (Å²) in [4.78, 5) is 8.56. The molecule has 0 bridgehead atoms. The van der Waals surface area contributed by atoms with Gasteiger partial charge in [0.25, 0.3) is 0 Å². The molecular formula is CH12LaO8. The maximum Gasteiger partial charge on any atom is 0.503 e. The molecule has 1 radical (unpaired) electrons. The Hall–Kier alpha value is 0.265. The van der Waals surface area contributed by atoms with E-state index in [0.717, 1.165) is 0 Å². The fourth-order valence-corrected chi connectivity index (χ4v) is 0. The monoisotopic (exact) mass is 291 g/mol. The smallest absolute Gasteiger partial charge is 0.450 e. The van der Waals surface area contributed by atoms with Crippen LogP contribution >= 0.6 is 0 Å². The molecule has 0 aromatic carbocycles. The number of hydrogen-bond donors (Lipinski definition) is 2. The summed E-state index contributed by atoms with van der Waals surface area (Å²) in [6, 6.07) is 0. The van der Waals surface area contributed by atoms with Gasteiger partial charge in [-0.05, 0) is 0 Å². The third kappa shape index (κ3) is 6220. The van der Waals surface area contributed by atoms with Crippen LogP contribution in [0.2, 0.25) is 0 Å². The molecular weight excluding hydrogens is 279 g/mol. The minimum absolute atomic E-state index is 0. The van der Waals surface area contributed by atoms with E-state index in [1.54, 1.807) is 0 Å². The quantitative estimate of drug-likeness (QED) is 0.457. The average Bonchev–Trinajstić information content (AvgIpc) is 0.811. The first kappa shape index (κ1) is 82.7. The van der Waals surface area contributed by atoms with Crippen LogP contribution in [0.25, 0.3) is 0 Å². The summed E-state index contributed by atoms with van der Waals surface area (Å²) in [7, 11) is 0. The van der Waals surface area contributed by atoms with Gasteiger partial charge in [0.1, 0.15) is 0 Å². The van der Waals surface area contributed by atoms with Gasteiger partial charge in [-0.2, -0.15) is 0 Å². The fraction of sp³-hybridized carbons (Fsp3) is 0. The van der Waals surface area contributed by atoms with Crippen molar-refractivity contribution in [2.75, 3.05) is 0 Å². The van der Waals surface area contributed by atoms with Gasteiger partial charge >= 0.3 is 6.16 Å². The second-order valence-electron chi connectivity index (χ2n) is 0.283. The molecule has 12 N–H and O–H groups in total. The van der Waals surface area contributed by atoms with Crippen LogP contribution in [0.3, 0.4) is 0 Å². The molecule has 0 fully saturated rings. The van der Waals surface area contributed by atoms with E-state index in [1.165, 1.54) is 0 Å². The molecule has 10 heavy (non-hydrogen) atoms. The Bertz CT molecular complexity index is 32.2. The van der Waals surface area contributed by atoms with Gasteiger partial charge in [-0.25, -0.2) is 4.79 Å². The maximum atomic E-state index is 8.56. The van der Waals surface area contributed by atoms with E-state index >= 15 is 0 Å². The standard InChI is InChI=1S/CH2O3.La.5H2O/c2-1(3)4;;;;;;/h(H2,2,3,4);;5*1H2. The van der Waals surface area contributed by atoms with Gasteiger partial charge in [-0.1, -0.05) is 0 Å². The van der Waals surface area contributed by atoms with E-state index in [-0.39, 0.29) is 63.0 Å². The number of carboxylic acid groups (broad SMARTS) is 2. The van der Waals surface area contributed by atoms with Gasteiger partial charge < -0.3 is 37.6 Å². The zero-order valence-corrected chi connectivity index (χ0v) is 8.51. The molecule has 0 heterocycles. The second kappa shape index (κ2) is 59.4. The van der Waals surface area contributed by atoms with Gasteiger partial charge in [-0.3, -0.25) is 0 Å². The molecule has 0 saturated heterocycles. The molecule has 0 aliphatic carbocycles. The van der Waals surface area contributed by atoms with Gasteiger partial charge in [-0.15, -0.1) is 0 Å². The molecule has 0 aromatic heterocycles. The van der Waals surface area contributed by atoms with Crippen molar-refractivity contribution in [2.45, 2.75) is 0 Å². The fourth-order valence-electron chi connectivity index (χ4n) is 0. The minimum atomic E-state index is -1.83. The molecule has 67 valence electrons. The molecule has 0 amide bonds. The first-order valence-electron chi connectivity index (χ1n) is 0.651. The van der Waals surface area contributed by atoms with Gasteiger partial charge in [0.15, 0.2) is 0 Å². The van der Waals surface area contributed by atoms with Gasteiger partial charge in [0.2, 0.25) is 0 Å². The third-order valence-electron chi connectivity index (χ3n) is 0. The van der Waals surface area contributed by atoms with Crippen LogP contribution in [-0.2, 0) is 0 Å². The summed E-state index contributed by atoms with van der Waals surface area (Å²) in [6.45, 7) is 0. The largest absolute Gasteiger partial charge is 0.503 e. The topological polar surface area (TPSA) is 215 Å². The van der Waals surface area contributed by atoms with Crippen molar-refractivity contribution in [3.63, 3.8) is 0 Å². The summed E-state index contributed by atoms with van der Waals surface area (Å²) in [5, 5.41) is 13.9. The molecule has 0 aliphatic rings. The SMILES string of the molecule is O.O.O.O.O.O=C(O)O.[La]. The van der Waals surface area contributed by atoms with Crippen molar-refractivity contribution in [1.29, 1.82) is 0 Å². The Morgan fingerprint density at radius 1 is 0.800 bits per heavy atom. The summed E-state index contributed by atoms with van der Waals surface area (Å²) in [5.74, 6) is 0. The van der Waals surface area contributed by atoms with Crippen molar-refractivity contribution in [1.82, 2.24) is 0 Å². The third-order valence-corrected chi connectivity index (χ3v) is 0. The normalized spacial score (nSPS) is 2.40. The Morgan fingerprint density at radius 3 is 0.800 bits per heavy atom. The zero-order valence-electron chi connectivity index (χ0n) is 4.88. The maximum absolute atomic E-state index is 8.56. The molecule has 0 aliphatic heterocycles. The molecule has 0 unspecified atom stereocenters. The van der Waals surface area contributed by atoms with Crippen molar-refractivity contribution in [2.24, 2.45) is 0 Å². The molecule has 0 atom stereocenters.